The molecule has 0 bridgehead atoms. The SMILES string of the molecule is C=CCOc1ccc(C(=O)N(Cc2cccs2)C2CC2)cc1. The van der Waals surface area contributed by atoms with Crippen LogP contribution in [0, 0.1) is 0 Å². The van der Waals surface area contributed by atoms with Crippen molar-refractivity contribution in [3.05, 3.63) is 64.9 Å². The molecule has 0 spiro atoms. The van der Waals surface area contributed by atoms with Crippen LogP contribution in [0.5, 0.6) is 5.75 Å². The molecule has 4 heteroatoms. The van der Waals surface area contributed by atoms with Gasteiger partial charge in [0, 0.05) is 16.5 Å². The van der Waals surface area contributed by atoms with E-state index in [9.17, 15) is 4.79 Å². The van der Waals surface area contributed by atoms with Crippen LogP contribution in [-0.4, -0.2) is 23.5 Å². The van der Waals surface area contributed by atoms with Crippen LogP contribution in [0.4, 0.5) is 0 Å². The molecule has 0 radical (unpaired) electrons. The normalized spacial score (nSPS) is 13.6. The summed E-state index contributed by atoms with van der Waals surface area (Å²) >= 11 is 1.70. The van der Waals surface area contributed by atoms with Gasteiger partial charge in [0.15, 0.2) is 0 Å². The van der Waals surface area contributed by atoms with Crippen LogP contribution >= 0.6 is 11.3 Å². The van der Waals surface area contributed by atoms with Crippen molar-refractivity contribution >= 4 is 17.2 Å². The average Bonchev–Trinajstić information content (AvgIpc) is 3.26. The number of carbonyl (C=O) groups is 1. The number of ether oxygens (including phenoxy) is 1. The summed E-state index contributed by atoms with van der Waals surface area (Å²) in [7, 11) is 0. The molecule has 0 aliphatic heterocycles. The average molecular weight is 313 g/mol. The summed E-state index contributed by atoms with van der Waals surface area (Å²) < 4.78 is 5.45. The summed E-state index contributed by atoms with van der Waals surface area (Å²) in [6.45, 7) is 4.80. The summed E-state index contributed by atoms with van der Waals surface area (Å²) in [6, 6.07) is 11.9. The Morgan fingerprint density at radius 3 is 2.68 bits per heavy atom. The minimum Gasteiger partial charge on any atom is -0.490 e. The first-order valence-electron chi connectivity index (χ1n) is 7.45. The van der Waals surface area contributed by atoms with Crippen LogP contribution < -0.4 is 4.74 Å². The standard InChI is InChI=1S/C18H19NO2S/c1-2-11-21-16-9-5-14(6-10-16)18(20)19(15-7-8-15)13-17-4-3-12-22-17/h2-6,9-10,12,15H,1,7-8,11,13H2. The fourth-order valence-corrected chi connectivity index (χ4v) is 3.04. The zero-order valence-electron chi connectivity index (χ0n) is 12.4. The van der Waals surface area contributed by atoms with E-state index >= 15 is 0 Å². The summed E-state index contributed by atoms with van der Waals surface area (Å²) in [5, 5.41) is 2.05. The molecule has 1 aliphatic carbocycles. The van der Waals surface area contributed by atoms with Gasteiger partial charge in [0.25, 0.3) is 5.91 Å². The maximum Gasteiger partial charge on any atom is 0.254 e. The van der Waals surface area contributed by atoms with Crippen LogP contribution in [0.3, 0.4) is 0 Å². The highest BCUT2D eigenvalue weighted by molar-refractivity contribution is 7.09. The fourth-order valence-electron chi connectivity index (χ4n) is 2.34. The molecule has 1 heterocycles. The molecule has 1 saturated carbocycles. The molecule has 0 unspecified atom stereocenters. The Morgan fingerprint density at radius 1 is 1.32 bits per heavy atom. The molecule has 3 rings (SSSR count). The van der Waals surface area contributed by atoms with Gasteiger partial charge in [-0.1, -0.05) is 18.7 Å². The molecule has 0 N–H and O–H groups in total. The number of nitrogens with zero attached hydrogens (tertiary/aromatic N) is 1. The number of hydrogen-bond donors (Lipinski definition) is 0. The Bertz CT molecular complexity index is 630. The maximum atomic E-state index is 12.8. The molecule has 1 aromatic heterocycles. The van der Waals surface area contributed by atoms with Crippen molar-refractivity contribution in [1.29, 1.82) is 0 Å². The Morgan fingerprint density at radius 2 is 2.09 bits per heavy atom. The lowest BCUT2D eigenvalue weighted by molar-refractivity contribution is 0.0731. The summed E-state index contributed by atoms with van der Waals surface area (Å²) in [5.74, 6) is 0.860. The molecule has 1 aromatic carbocycles. The Hall–Kier alpha value is -2.07. The highest BCUT2D eigenvalue weighted by atomic mass is 32.1. The second-order valence-electron chi connectivity index (χ2n) is 5.37. The monoisotopic (exact) mass is 313 g/mol. The fraction of sp³-hybridized carbons (Fsp3) is 0.278. The van der Waals surface area contributed by atoms with E-state index in [1.165, 1.54) is 4.88 Å². The topological polar surface area (TPSA) is 29.5 Å². The summed E-state index contributed by atoms with van der Waals surface area (Å²) in [5.41, 5.74) is 0.717. The van der Waals surface area contributed by atoms with Crippen molar-refractivity contribution in [3.8, 4) is 5.75 Å². The van der Waals surface area contributed by atoms with Crippen LogP contribution in [0.2, 0.25) is 0 Å². The molecule has 1 amide bonds. The Kier molecular flexibility index (Phi) is 4.59. The molecular formula is C18H19NO2S. The number of carbonyl (C=O) groups excluding carboxylic acids is 1. The van der Waals surface area contributed by atoms with Crippen LogP contribution in [0.25, 0.3) is 0 Å². The number of benzene rings is 1. The Labute approximate surface area is 134 Å². The Balaban J connectivity index is 1.71. The van der Waals surface area contributed by atoms with E-state index in [0.717, 1.165) is 24.2 Å². The predicted molar refractivity (Wildman–Crippen MR) is 89.3 cm³/mol. The third-order valence-electron chi connectivity index (χ3n) is 3.62. The van der Waals surface area contributed by atoms with Gasteiger partial charge < -0.3 is 9.64 Å². The molecule has 1 fully saturated rings. The van der Waals surface area contributed by atoms with Gasteiger partial charge in [-0.05, 0) is 48.6 Å². The van der Waals surface area contributed by atoms with Crippen molar-refractivity contribution < 1.29 is 9.53 Å². The van der Waals surface area contributed by atoms with E-state index in [1.54, 1.807) is 17.4 Å². The zero-order chi connectivity index (χ0) is 15.4. The second-order valence-corrected chi connectivity index (χ2v) is 6.40. The first-order valence-corrected chi connectivity index (χ1v) is 8.33. The third-order valence-corrected chi connectivity index (χ3v) is 4.49. The van der Waals surface area contributed by atoms with Gasteiger partial charge in [-0.25, -0.2) is 0 Å². The largest absolute Gasteiger partial charge is 0.490 e. The number of hydrogen-bond acceptors (Lipinski definition) is 3. The van der Waals surface area contributed by atoms with E-state index < -0.39 is 0 Å². The smallest absolute Gasteiger partial charge is 0.254 e. The number of thiophene rings is 1. The minimum absolute atomic E-state index is 0.103. The van der Waals surface area contributed by atoms with Crippen molar-refractivity contribution in [1.82, 2.24) is 4.90 Å². The highest BCUT2D eigenvalue weighted by Gasteiger charge is 2.33. The van der Waals surface area contributed by atoms with Gasteiger partial charge in [-0.2, -0.15) is 0 Å². The second kappa shape index (κ2) is 6.79. The maximum absolute atomic E-state index is 12.8. The van der Waals surface area contributed by atoms with E-state index in [-0.39, 0.29) is 5.91 Å². The molecule has 22 heavy (non-hydrogen) atoms. The minimum atomic E-state index is 0.103. The van der Waals surface area contributed by atoms with Gasteiger partial charge in [0.2, 0.25) is 0 Å². The lowest BCUT2D eigenvalue weighted by Crippen LogP contribution is -2.32. The van der Waals surface area contributed by atoms with E-state index in [4.69, 9.17) is 4.74 Å². The predicted octanol–water partition coefficient (Wildman–Crippen LogP) is 4.12. The molecule has 2 aromatic rings. The van der Waals surface area contributed by atoms with Gasteiger partial charge >= 0.3 is 0 Å². The lowest BCUT2D eigenvalue weighted by atomic mass is 10.2. The third kappa shape index (κ3) is 3.57. The first kappa shape index (κ1) is 14.9. The van der Waals surface area contributed by atoms with Gasteiger partial charge in [0.1, 0.15) is 12.4 Å². The number of rotatable bonds is 7. The molecule has 3 nitrogen and oxygen atoms in total. The first-order chi connectivity index (χ1) is 10.8. The van der Waals surface area contributed by atoms with E-state index in [0.29, 0.717) is 19.2 Å². The zero-order valence-corrected chi connectivity index (χ0v) is 13.2. The van der Waals surface area contributed by atoms with Crippen LogP contribution in [0.1, 0.15) is 28.1 Å². The van der Waals surface area contributed by atoms with Crippen molar-refractivity contribution in [2.45, 2.75) is 25.4 Å². The molecular weight excluding hydrogens is 294 g/mol. The summed E-state index contributed by atoms with van der Waals surface area (Å²) in [4.78, 5) is 16.0. The summed E-state index contributed by atoms with van der Waals surface area (Å²) in [6.07, 6.45) is 3.92. The van der Waals surface area contributed by atoms with Crippen molar-refractivity contribution in [3.63, 3.8) is 0 Å². The van der Waals surface area contributed by atoms with Crippen molar-refractivity contribution in [2.24, 2.45) is 0 Å². The lowest BCUT2D eigenvalue weighted by Gasteiger charge is -2.22. The molecule has 0 atom stereocenters. The van der Waals surface area contributed by atoms with Gasteiger partial charge in [0.05, 0.1) is 6.54 Å². The van der Waals surface area contributed by atoms with E-state index in [1.807, 2.05) is 35.2 Å². The molecule has 0 saturated heterocycles. The molecule has 114 valence electrons. The van der Waals surface area contributed by atoms with Gasteiger partial charge in [-0.3, -0.25) is 4.79 Å². The quantitative estimate of drug-likeness (QED) is 0.720. The van der Waals surface area contributed by atoms with Gasteiger partial charge in [-0.15, -0.1) is 11.3 Å². The van der Waals surface area contributed by atoms with Crippen LogP contribution in [0.15, 0.2) is 54.4 Å². The van der Waals surface area contributed by atoms with E-state index in [2.05, 4.69) is 18.0 Å². The highest BCUT2D eigenvalue weighted by Crippen LogP contribution is 2.30. The number of amides is 1. The van der Waals surface area contributed by atoms with Crippen molar-refractivity contribution in [2.75, 3.05) is 6.61 Å². The molecule has 1 aliphatic rings. The van der Waals surface area contributed by atoms with Crippen LogP contribution in [-0.2, 0) is 6.54 Å².